The van der Waals surface area contributed by atoms with Gasteiger partial charge in [0.1, 0.15) is 5.75 Å². The van der Waals surface area contributed by atoms with Crippen molar-refractivity contribution in [3.8, 4) is 5.75 Å². The van der Waals surface area contributed by atoms with E-state index in [1.54, 1.807) is 6.07 Å². The molecule has 21 heavy (non-hydrogen) atoms. The first kappa shape index (κ1) is 19.4. The van der Waals surface area contributed by atoms with Gasteiger partial charge in [0, 0.05) is 17.5 Å². The molecule has 1 aromatic rings. The number of hydrogen-bond donors (Lipinski definition) is 2. The highest BCUT2D eigenvalue weighted by Crippen LogP contribution is 2.41. The summed E-state index contributed by atoms with van der Waals surface area (Å²) in [5.74, 6) is 0.108. The van der Waals surface area contributed by atoms with E-state index in [0.29, 0.717) is 11.3 Å². The molecule has 0 spiro atoms. The zero-order valence-electron chi connectivity index (χ0n) is 12.4. The number of thioether (sulfide) groups is 1. The third kappa shape index (κ3) is 6.61. The third-order valence-corrected chi connectivity index (χ3v) is 3.18. The summed E-state index contributed by atoms with van der Waals surface area (Å²) in [6.07, 6.45) is 0. The maximum Gasteiger partial charge on any atom is 0.446 e. The second kappa shape index (κ2) is 8.66. The maximum absolute atomic E-state index is 12.5. The standard InChI is InChI=1S/C11H14F3N3OS.C2H6/c1-17(10(15)16)6-7-8(18-2)4-3-5-9(7)19-11(12,13)14;1-2/h3-5H,6H2,1-2H3,(H3,15,16);1-2H3. The van der Waals surface area contributed by atoms with Gasteiger partial charge in [-0.05, 0) is 23.9 Å². The van der Waals surface area contributed by atoms with Crippen molar-refractivity contribution in [3.63, 3.8) is 0 Å². The highest BCUT2D eigenvalue weighted by atomic mass is 32.2. The summed E-state index contributed by atoms with van der Waals surface area (Å²) in [6, 6.07) is 4.43. The van der Waals surface area contributed by atoms with Gasteiger partial charge < -0.3 is 15.4 Å². The smallest absolute Gasteiger partial charge is 0.446 e. The Labute approximate surface area is 127 Å². The van der Waals surface area contributed by atoms with E-state index in [1.807, 2.05) is 13.8 Å². The number of guanidine groups is 1. The normalized spacial score (nSPS) is 10.4. The average Bonchev–Trinajstić information content (AvgIpc) is 2.41. The minimum Gasteiger partial charge on any atom is -0.496 e. The van der Waals surface area contributed by atoms with Gasteiger partial charge in [-0.1, -0.05) is 19.9 Å². The van der Waals surface area contributed by atoms with Crippen molar-refractivity contribution in [1.82, 2.24) is 4.90 Å². The number of alkyl halides is 3. The molecule has 0 fully saturated rings. The van der Waals surface area contributed by atoms with Crippen LogP contribution in [0.25, 0.3) is 0 Å². The van der Waals surface area contributed by atoms with E-state index in [-0.39, 0.29) is 29.2 Å². The molecule has 3 N–H and O–H groups in total. The highest BCUT2D eigenvalue weighted by molar-refractivity contribution is 8.00. The summed E-state index contributed by atoms with van der Waals surface area (Å²) in [6.45, 7) is 4.07. The monoisotopic (exact) mass is 323 g/mol. The van der Waals surface area contributed by atoms with E-state index in [9.17, 15) is 13.2 Å². The largest absolute Gasteiger partial charge is 0.496 e. The molecule has 0 aliphatic rings. The Morgan fingerprint density at radius 3 is 2.38 bits per heavy atom. The molecule has 8 heteroatoms. The van der Waals surface area contributed by atoms with E-state index in [2.05, 4.69) is 0 Å². The third-order valence-electron chi connectivity index (χ3n) is 2.34. The van der Waals surface area contributed by atoms with Crippen LogP contribution in [-0.4, -0.2) is 30.5 Å². The van der Waals surface area contributed by atoms with E-state index < -0.39 is 5.51 Å². The number of hydrogen-bond acceptors (Lipinski definition) is 3. The maximum atomic E-state index is 12.5. The summed E-state index contributed by atoms with van der Waals surface area (Å²) >= 11 is -0.207. The van der Waals surface area contributed by atoms with Crippen LogP contribution in [0.15, 0.2) is 23.1 Å². The SMILES string of the molecule is CC.COc1cccc(SC(F)(F)F)c1CN(C)C(=N)N. The molecule has 0 aliphatic carbocycles. The van der Waals surface area contributed by atoms with E-state index in [4.69, 9.17) is 15.9 Å². The molecule has 1 aromatic carbocycles. The Morgan fingerprint density at radius 2 is 1.95 bits per heavy atom. The van der Waals surface area contributed by atoms with Crippen LogP contribution in [-0.2, 0) is 6.54 Å². The lowest BCUT2D eigenvalue weighted by Crippen LogP contribution is -2.32. The summed E-state index contributed by atoms with van der Waals surface area (Å²) in [7, 11) is 2.91. The molecular formula is C13H20F3N3OS. The van der Waals surface area contributed by atoms with Gasteiger partial charge in [-0.15, -0.1) is 0 Å². The lowest BCUT2D eigenvalue weighted by molar-refractivity contribution is -0.0328. The second-order valence-electron chi connectivity index (χ2n) is 3.73. The Kier molecular flexibility index (Phi) is 8.01. The molecule has 0 bridgehead atoms. The fourth-order valence-corrected chi connectivity index (χ4v) is 2.12. The summed E-state index contributed by atoms with van der Waals surface area (Å²) in [5.41, 5.74) is 1.26. The van der Waals surface area contributed by atoms with Crippen LogP contribution in [0.2, 0.25) is 0 Å². The van der Waals surface area contributed by atoms with Crippen LogP contribution < -0.4 is 10.5 Å². The van der Waals surface area contributed by atoms with Crippen LogP contribution in [0.5, 0.6) is 5.75 Å². The predicted molar refractivity (Wildman–Crippen MR) is 79.6 cm³/mol. The average molecular weight is 323 g/mol. The molecule has 0 saturated heterocycles. The Bertz CT molecular complexity index is 466. The molecule has 0 saturated carbocycles. The van der Waals surface area contributed by atoms with E-state index in [1.165, 1.54) is 31.2 Å². The quantitative estimate of drug-likeness (QED) is 0.504. The van der Waals surface area contributed by atoms with Crippen LogP contribution in [0, 0.1) is 5.41 Å². The number of rotatable bonds is 4. The predicted octanol–water partition coefficient (Wildman–Crippen LogP) is 3.66. The first-order valence-electron chi connectivity index (χ1n) is 6.21. The van der Waals surface area contributed by atoms with Crippen molar-refractivity contribution in [2.75, 3.05) is 14.2 Å². The van der Waals surface area contributed by atoms with Crippen molar-refractivity contribution in [3.05, 3.63) is 23.8 Å². The van der Waals surface area contributed by atoms with Gasteiger partial charge in [-0.2, -0.15) is 13.2 Å². The van der Waals surface area contributed by atoms with Crippen molar-refractivity contribution in [2.45, 2.75) is 30.8 Å². The topological polar surface area (TPSA) is 62.3 Å². The zero-order chi connectivity index (χ0) is 16.6. The summed E-state index contributed by atoms with van der Waals surface area (Å²) in [4.78, 5) is 1.37. The minimum absolute atomic E-state index is 0.0416. The van der Waals surface area contributed by atoms with Crippen molar-refractivity contribution >= 4 is 17.7 Å². The molecule has 0 atom stereocenters. The first-order chi connectivity index (χ1) is 9.74. The number of halogens is 3. The molecule has 1 rings (SSSR count). The number of nitrogens with two attached hydrogens (primary N) is 1. The lowest BCUT2D eigenvalue weighted by atomic mass is 10.2. The van der Waals surface area contributed by atoms with Crippen molar-refractivity contribution in [2.24, 2.45) is 5.73 Å². The minimum atomic E-state index is -4.38. The van der Waals surface area contributed by atoms with Gasteiger partial charge in [-0.25, -0.2) is 0 Å². The molecule has 0 aliphatic heterocycles. The van der Waals surface area contributed by atoms with Crippen LogP contribution in [0.4, 0.5) is 13.2 Å². The van der Waals surface area contributed by atoms with Gasteiger partial charge in [0.2, 0.25) is 0 Å². The van der Waals surface area contributed by atoms with Gasteiger partial charge in [0.25, 0.3) is 0 Å². The Morgan fingerprint density at radius 1 is 1.38 bits per heavy atom. The number of nitrogens with one attached hydrogen (secondary N) is 1. The van der Waals surface area contributed by atoms with Crippen molar-refractivity contribution in [1.29, 1.82) is 5.41 Å². The molecule has 0 aromatic heterocycles. The molecular weight excluding hydrogens is 303 g/mol. The summed E-state index contributed by atoms with van der Waals surface area (Å²) in [5, 5.41) is 7.26. The van der Waals surface area contributed by atoms with Crippen molar-refractivity contribution < 1.29 is 17.9 Å². The molecule has 0 unspecified atom stereocenters. The van der Waals surface area contributed by atoms with Gasteiger partial charge in [0.15, 0.2) is 5.96 Å². The molecule has 4 nitrogen and oxygen atoms in total. The number of nitrogens with zero attached hydrogens (tertiary/aromatic N) is 1. The van der Waals surface area contributed by atoms with Crippen LogP contribution >= 0.6 is 11.8 Å². The zero-order valence-corrected chi connectivity index (χ0v) is 13.2. The number of benzene rings is 1. The van der Waals surface area contributed by atoms with Crippen LogP contribution in [0.3, 0.4) is 0 Å². The Balaban J connectivity index is 0.00000191. The van der Waals surface area contributed by atoms with E-state index in [0.717, 1.165) is 0 Å². The Hall–Kier alpha value is -1.57. The summed E-state index contributed by atoms with van der Waals surface area (Å²) < 4.78 is 42.5. The van der Waals surface area contributed by atoms with Gasteiger partial charge >= 0.3 is 5.51 Å². The van der Waals surface area contributed by atoms with Gasteiger partial charge in [0.05, 0.1) is 13.7 Å². The number of ether oxygens (including phenoxy) is 1. The second-order valence-corrected chi connectivity index (χ2v) is 4.83. The first-order valence-corrected chi connectivity index (χ1v) is 7.03. The molecule has 0 radical (unpaired) electrons. The fourth-order valence-electron chi connectivity index (χ4n) is 1.44. The number of methoxy groups -OCH3 is 1. The van der Waals surface area contributed by atoms with Crippen LogP contribution in [0.1, 0.15) is 19.4 Å². The molecule has 120 valence electrons. The van der Waals surface area contributed by atoms with E-state index >= 15 is 0 Å². The fraction of sp³-hybridized carbons (Fsp3) is 0.462. The highest BCUT2D eigenvalue weighted by Gasteiger charge is 2.31. The lowest BCUT2D eigenvalue weighted by Gasteiger charge is -2.21. The molecule has 0 heterocycles. The molecule has 0 amide bonds. The van der Waals surface area contributed by atoms with Gasteiger partial charge in [-0.3, -0.25) is 5.41 Å².